The third-order valence-electron chi connectivity index (χ3n) is 6.74. The van der Waals surface area contributed by atoms with Crippen LogP contribution in [-0.4, -0.2) is 43.2 Å². The lowest BCUT2D eigenvalue weighted by molar-refractivity contribution is 0.222. The van der Waals surface area contributed by atoms with Crippen molar-refractivity contribution in [3.05, 3.63) is 89.3 Å². The first-order valence-electron chi connectivity index (χ1n) is 11.8. The average Bonchev–Trinajstić information content (AvgIpc) is 3.43. The van der Waals surface area contributed by atoms with Gasteiger partial charge in [-0.3, -0.25) is 0 Å². The fraction of sp³-hybridized carbons (Fsp3) is 0.214. The van der Waals surface area contributed by atoms with Gasteiger partial charge in [-0.15, -0.1) is 0 Å². The first-order chi connectivity index (χ1) is 18.2. The molecule has 188 valence electrons. The summed E-state index contributed by atoms with van der Waals surface area (Å²) >= 11 is 0. The second-order valence-corrected chi connectivity index (χ2v) is 8.61. The van der Waals surface area contributed by atoms with Gasteiger partial charge in [0.2, 0.25) is 11.7 Å². The summed E-state index contributed by atoms with van der Waals surface area (Å²) in [4.78, 5) is 4.50. The summed E-state index contributed by atoms with van der Waals surface area (Å²) in [5.41, 5.74) is 4.73. The van der Waals surface area contributed by atoms with Gasteiger partial charge in [0.25, 0.3) is 0 Å². The molecule has 0 radical (unpaired) electrons. The van der Waals surface area contributed by atoms with Crippen LogP contribution in [0.15, 0.2) is 72.6 Å². The average molecular weight is 499 g/mol. The number of hydrogen-bond acceptors (Lipinski definition) is 8. The van der Waals surface area contributed by atoms with Crippen LogP contribution in [0.2, 0.25) is 0 Å². The van der Waals surface area contributed by atoms with Crippen molar-refractivity contribution >= 4 is 11.6 Å². The number of methoxy groups -OCH3 is 4. The van der Waals surface area contributed by atoms with Gasteiger partial charge < -0.3 is 29.0 Å². The van der Waals surface area contributed by atoms with E-state index in [1.54, 1.807) is 34.8 Å². The fourth-order valence-electron chi connectivity index (χ4n) is 5.05. The van der Waals surface area contributed by atoms with E-state index in [4.69, 9.17) is 23.7 Å². The zero-order valence-corrected chi connectivity index (χ0v) is 20.9. The molecule has 37 heavy (non-hydrogen) atoms. The van der Waals surface area contributed by atoms with E-state index in [9.17, 15) is 0 Å². The molecule has 0 fully saturated rings. The Morgan fingerprint density at radius 1 is 0.838 bits per heavy atom. The Hall–Kier alpha value is -4.66. The van der Waals surface area contributed by atoms with Crippen molar-refractivity contribution in [2.45, 2.75) is 12.1 Å². The van der Waals surface area contributed by atoms with Crippen LogP contribution in [0.1, 0.15) is 28.8 Å². The Morgan fingerprint density at radius 3 is 2.24 bits per heavy atom. The van der Waals surface area contributed by atoms with Gasteiger partial charge in [0, 0.05) is 11.1 Å². The summed E-state index contributed by atoms with van der Waals surface area (Å²) in [6, 6.07) is 19.4. The number of benzene rings is 3. The number of aromatic nitrogens is 3. The van der Waals surface area contributed by atoms with E-state index in [0.717, 1.165) is 39.5 Å². The van der Waals surface area contributed by atoms with Crippen molar-refractivity contribution in [2.24, 2.45) is 0 Å². The minimum Gasteiger partial charge on any atom is -0.497 e. The highest BCUT2D eigenvalue weighted by Gasteiger charge is 2.41. The monoisotopic (exact) mass is 498 g/mol. The zero-order chi connectivity index (χ0) is 25.5. The number of para-hydroxylation sites is 1. The number of anilines is 1. The van der Waals surface area contributed by atoms with Gasteiger partial charge in [0.15, 0.2) is 11.5 Å². The van der Waals surface area contributed by atoms with Gasteiger partial charge in [0.05, 0.1) is 34.1 Å². The number of hydrogen-bond donors (Lipinski definition) is 1. The lowest BCUT2D eigenvalue weighted by Gasteiger charge is -2.39. The number of nitrogens with one attached hydrogen (secondary N) is 1. The molecular formula is C28H26N4O5. The van der Waals surface area contributed by atoms with Gasteiger partial charge in [-0.1, -0.05) is 24.3 Å². The predicted molar refractivity (Wildman–Crippen MR) is 138 cm³/mol. The van der Waals surface area contributed by atoms with Crippen molar-refractivity contribution in [1.29, 1.82) is 0 Å². The highest BCUT2D eigenvalue weighted by atomic mass is 16.5. The highest BCUT2D eigenvalue weighted by molar-refractivity contribution is 5.85. The largest absolute Gasteiger partial charge is 0.497 e. The van der Waals surface area contributed by atoms with Gasteiger partial charge in [-0.25, -0.2) is 4.68 Å². The third-order valence-corrected chi connectivity index (χ3v) is 6.74. The molecule has 1 aromatic heterocycles. The number of nitrogens with zero attached hydrogens (tertiary/aromatic N) is 3. The zero-order valence-electron chi connectivity index (χ0n) is 20.9. The number of rotatable bonds is 6. The van der Waals surface area contributed by atoms with Crippen molar-refractivity contribution in [3.63, 3.8) is 0 Å². The summed E-state index contributed by atoms with van der Waals surface area (Å²) in [6.45, 7) is 0. The highest BCUT2D eigenvalue weighted by Crippen LogP contribution is 2.52. The predicted octanol–water partition coefficient (Wildman–Crippen LogP) is 4.87. The van der Waals surface area contributed by atoms with Crippen LogP contribution >= 0.6 is 0 Å². The topological polar surface area (TPSA) is 88.9 Å². The first-order valence-corrected chi connectivity index (χ1v) is 11.8. The Morgan fingerprint density at radius 2 is 1.57 bits per heavy atom. The normalized spacial score (nSPS) is 17.5. The molecule has 0 saturated heterocycles. The van der Waals surface area contributed by atoms with Crippen molar-refractivity contribution < 1.29 is 23.7 Å². The lowest BCUT2D eigenvalue weighted by Crippen LogP contribution is -2.32. The molecule has 1 N–H and O–H groups in total. The maximum atomic E-state index is 6.67. The van der Waals surface area contributed by atoms with Gasteiger partial charge >= 0.3 is 0 Å². The fourth-order valence-corrected chi connectivity index (χ4v) is 5.05. The molecule has 0 bridgehead atoms. The molecule has 0 unspecified atom stereocenters. The van der Waals surface area contributed by atoms with Crippen LogP contribution in [0.4, 0.5) is 5.95 Å². The summed E-state index contributed by atoms with van der Waals surface area (Å²) in [6.07, 6.45) is 1.13. The minimum atomic E-state index is -0.412. The standard InChI is InChI=1S/C28H26N4O5/c1-33-18-11-9-16(10-12-18)26-23-24(19-7-5-6-8-20(19)37-26)31-28-29-15-30-32(28)25(23)17-13-21(34-2)27(36-4)22(14-17)35-3/h5-15,25-26H,1-4H3,(H,29,30,31)/t25-,26+/m1/s1. The summed E-state index contributed by atoms with van der Waals surface area (Å²) in [5, 5.41) is 8.11. The second kappa shape index (κ2) is 9.09. The van der Waals surface area contributed by atoms with Gasteiger partial charge in [-0.05, 0) is 47.5 Å². The molecule has 3 aromatic carbocycles. The molecule has 6 rings (SSSR count). The molecule has 2 aliphatic heterocycles. The molecule has 4 aromatic rings. The van der Waals surface area contributed by atoms with E-state index < -0.39 is 6.10 Å². The lowest BCUT2D eigenvalue weighted by atomic mass is 9.84. The molecule has 9 nitrogen and oxygen atoms in total. The quantitative estimate of drug-likeness (QED) is 0.403. The number of fused-ring (bicyclic) bond motifs is 3. The Kier molecular flexibility index (Phi) is 5.60. The molecule has 2 aliphatic rings. The van der Waals surface area contributed by atoms with Crippen LogP contribution in [0, 0.1) is 0 Å². The molecule has 2 atom stereocenters. The van der Waals surface area contributed by atoms with Crippen LogP contribution in [0.3, 0.4) is 0 Å². The van der Waals surface area contributed by atoms with Crippen molar-refractivity contribution in [2.75, 3.05) is 33.8 Å². The summed E-state index contributed by atoms with van der Waals surface area (Å²) in [5.74, 6) is 3.81. The molecule has 3 heterocycles. The van der Waals surface area contributed by atoms with Gasteiger partial charge in [-0.2, -0.15) is 10.1 Å². The van der Waals surface area contributed by atoms with Crippen LogP contribution < -0.4 is 29.0 Å². The van der Waals surface area contributed by atoms with Crippen LogP contribution in [0.25, 0.3) is 5.70 Å². The Bertz CT molecular complexity index is 1470. The van der Waals surface area contributed by atoms with E-state index in [1.807, 2.05) is 65.3 Å². The van der Waals surface area contributed by atoms with Crippen LogP contribution in [-0.2, 0) is 0 Å². The maximum absolute atomic E-state index is 6.67. The molecule has 0 amide bonds. The molecule has 0 spiro atoms. The summed E-state index contributed by atoms with van der Waals surface area (Å²) < 4.78 is 30.9. The van der Waals surface area contributed by atoms with E-state index in [0.29, 0.717) is 23.2 Å². The SMILES string of the molecule is COc1ccc([C@@H]2Oc3ccccc3C3=C2[C@@H](c2cc(OC)c(OC)c(OC)c2)n2ncnc2N3)cc1. The Labute approximate surface area is 214 Å². The molecule has 9 heteroatoms. The molecular weight excluding hydrogens is 472 g/mol. The van der Waals surface area contributed by atoms with E-state index >= 15 is 0 Å². The van der Waals surface area contributed by atoms with E-state index in [2.05, 4.69) is 15.4 Å². The minimum absolute atomic E-state index is 0.372. The van der Waals surface area contributed by atoms with E-state index in [1.165, 1.54) is 0 Å². The van der Waals surface area contributed by atoms with Crippen molar-refractivity contribution in [1.82, 2.24) is 14.8 Å². The Balaban J connectivity index is 1.61. The van der Waals surface area contributed by atoms with Gasteiger partial charge in [0.1, 0.15) is 30.0 Å². The molecule has 0 aliphatic carbocycles. The van der Waals surface area contributed by atoms with Crippen molar-refractivity contribution in [3.8, 4) is 28.7 Å². The number of ether oxygens (including phenoxy) is 5. The first kappa shape index (κ1) is 22.8. The van der Waals surface area contributed by atoms with E-state index in [-0.39, 0.29) is 6.04 Å². The second-order valence-electron chi connectivity index (χ2n) is 8.61. The maximum Gasteiger partial charge on any atom is 0.226 e. The summed E-state index contributed by atoms with van der Waals surface area (Å²) in [7, 11) is 6.46. The smallest absolute Gasteiger partial charge is 0.226 e. The molecule has 0 saturated carbocycles. The van der Waals surface area contributed by atoms with Crippen LogP contribution in [0.5, 0.6) is 28.7 Å². The third kappa shape index (κ3) is 3.62.